The summed E-state index contributed by atoms with van der Waals surface area (Å²) in [6.45, 7) is 3.86. The van der Waals surface area contributed by atoms with Crippen molar-refractivity contribution in [3.63, 3.8) is 0 Å². The van der Waals surface area contributed by atoms with Crippen LogP contribution in [-0.4, -0.2) is 50.3 Å². The van der Waals surface area contributed by atoms with Crippen molar-refractivity contribution in [2.75, 3.05) is 21.3 Å². The van der Waals surface area contributed by atoms with Gasteiger partial charge in [0.2, 0.25) is 0 Å². The third kappa shape index (κ3) is 6.10. The first kappa shape index (κ1) is 24.0. The molecule has 10 nitrogen and oxygen atoms in total. The summed E-state index contributed by atoms with van der Waals surface area (Å²) >= 11 is 0. The molecule has 0 aliphatic heterocycles. The largest absolute Gasteiger partial charge is 0.497 e. The van der Waals surface area contributed by atoms with E-state index in [9.17, 15) is 8.77 Å². The van der Waals surface area contributed by atoms with Gasteiger partial charge in [-0.1, -0.05) is 0 Å². The summed E-state index contributed by atoms with van der Waals surface area (Å²) in [6, 6.07) is 5.50. The smallest absolute Gasteiger partial charge is 0.469 e. The van der Waals surface area contributed by atoms with Crippen molar-refractivity contribution in [2.45, 2.75) is 24.8 Å². The molecule has 3 rings (SSSR count). The molecule has 0 saturated carbocycles. The number of rotatable bonds is 6. The second-order valence-corrected chi connectivity index (χ2v) is 8.85. The number of nitrogens with zero attached hydrogens (tertiary/aromatic N) is 2. The SMILES string of the molecule is COP(=O)(O)O.COc1ccc2nc(S(=O)Cc3ncc(C)c(OC)c3C)[nH]c2c1. The van der Waals surface area contributed by atoms with E-state index in [1.807, 2.05) is 32.0 Å². The highest BCUT2D eigenvalue weighted by atomic mass is 32.2. The summed E-state index contributed by atoms with van der Waals surface area (Å²) in [4.78, 5) is 27.3. The lowest BCUT2D eigenvalue weighted by Gasteiger charge is -2.11. The molecule has 1 aromatic carbocycles. The number of benzene rings is 1. The Labute approximate surface area is 176 Å². The quantitative estimate of drug-likeness (QED) is 0.476. The number of hydrogen-bond acceptors (Lipinski definition) is 7. The van der Waals surface area contributed by atoms with Crippen LogP contribution in [0.5, 0.6) is 11.5 Å². The first-order chi connectivity index (χ1) is 14.1. The van der Waals surface area contributed by atoms with E-state index in [2.05, 4.69) is 19.5 Å². The van der Waals surface area contributed by atoms with E-state index in [4.69, 9.17) is 19.3 Å². The molecule has 12 heteroatoms. The molecule has 0 saturated heterocycles. The van der Waals surface area contributed by atoms with Crippen LogP contribution in [0, 0.1) is 13.8 Å². The van der Waals surface area contributed by atoms with Crippen LogP contribution < -0.4 is 9.47 Å². The molecule has 2 aromatic heterocycles. The van der Waals surface area contributed by atoms with Crippen molar-refractivity contribution >= 4 is 29.7 Å². The highest BCUT2D eigenvalue weighted by molar-refractivity contribution is 7.84. The molecule has 0 fully saturated rings. The maximum atomic E-state index is 12.7. The lowest BCUT2D eigenvalue weighted by molar-refractivity contribution is 0.235. The second kappa shape index (κ2) is 10.1. The highest BCUT2D eigenvalue weighted by Gasteiger charge is 2.16. The number of imidazole rings is 1. The van der Waals surface area contributed by atoms with Gasteiger partial charge in [0, 0.05) is 30.5 Å². The van der Waals surface area contributed by atoms with Gasteiger partial charge in [0.1, 0.15) is 11.5 Å². The maximum absolute atomic E-state index is 12.7. The molecule has 0 radical (unpaired) electrons. The summed E-state index contributed by atoms with van der Waals surface area (Å²) in [5.41, 5.74) is 4.16. The zero-order chi connectivity index (χ0) is 22.5. The van der Waals surface area contributed by atoms with Gasteiger partial charge in [0.25, 0.3) is 0 Å². The molecular weight excluding hydrogens is 433 g/mol. The number of pyridine rings is 1. The summed E-state index contributed by atoms with van der Waals surface area (Å²) < 4.78 is 36.4. The van der Waals surface area contributed by atoms with Gasteiger partial charge < -0.3 is 24.2 Å². The molecule has 0 aliphatic rings. The Bertz CT molecular complexity index is 1100. The first-order valence-electron chi connectivity index (χ1n) is 8.62. The van der Waals surface area contributed by atoms with Gasteiger partial charge in [-0.15, -0.1) is 0 Å². The van der Waals surface area contributed by atoms with Gasteiger partial charge in [0.05, 0.1) is 47.5 Å². The molecule has 0 spiro atoms. The maximum Gasteiger partial charge on any atom is 0.469 e. The zero-order valence-electron chi connectivity index (χ0n) is 17.2. The number of methoxy groups -OCH3 is 2. The Balaban J connectivity index is 0.000000469. The molecule has 1 unspecified atom stereocenters. The average molecular weight is 457 g/mol. The van der Waals surface area contributed by atoms with Crippen molar-refractivity contribution in [3.8, 4) is 11.5 Å². The normalized spacial score (nSPS) is 12.2. The van der Waals surface area contributed by atoms with Crippen LogP contribution in [0.2, 0.25) is 0 Å². The molecule has 30 heavy (non-hydrogen) atoms. The Morgan fingerprint density at radius 2 is 1.83 bits per heavy atom. The van der Waals surface area contributed by atoms with Crippen LogP contribution in [0.3, 0.4) is 0 Å². The minimum Gasteiger partial charge on any atom is -0.497 e. The lowest BCUT2D eigenvalue weighted by Crippen LogP contribution is -2.05. The third-order valence-corrected chi connectivity index (χ3v) is 5.77. The Morgan fingerprint density at radius 1 is 1.17 bits per heavy atom. The minimum atomic E-state index is -4.15. The predicted octanol–water partition coefficient (Wildman–Crippen LogP) is 2.63. The number of aryl methyl sites for hydroxylation is 1. The second-order valence-electron chi connectivity index (χ2n) is 6.13. The van der Waals surface area contributed by atoms with E-state index in [-0.39, 0.29) is 5.75 Å². The van der Waals surface area contributed by atoms with Gasteiger partial charge in [-0.25, -0.2) is 9.55 Å². The minimum absolute atomic E-state index is 0.277. The van der Waals surface area contributed by atoms with Crippen LogP contribution in [0.25, 0.3) is 11.0 Å². The summed E-state index contributed by atoms with van der Waals surface area (Å²) in [5.74, 6) is 1.79. The first-order valence-corrected chi connectivity index (χ1v) is 11.5. The Kier molecular flexibility index (Phi) is 8.10. The number of phosphoric acid groups is 1. The fourth-order valence-corrected chi connectivity index (χ4v) is 3.71. The highest BCUT2D eigenvalue weighted by Crippen LogP contribution is 2.33. The summed E-state index contributed by atoms with van der Waals surface area (Å²) in [6.07, 6.45) is 1.74. The number of phosphoric ester groups is 1. The number of fused-ring (bicyclic) bond motifs is 1. The number of aromatic nitrogens is 3. The summed E-state index contributed by atoms with van der Waals surface area (Å²) in [5, 5.41) is 0.430. The fourth-order valence-electron chi connectivity index (χ4n) is 2.61. The summed E-state index contributed by atoms with van der Waals surface area (Å²) in [7, 11) is -1.30. The van der Waals surface area contributed by atoms with E-state index in [0.29, 0.717) is 5.16 Å². The Hall–Kier alpha value is -2.30. The monoisotopic (exact) mass is 457 g/mol. The van der Waals surface area contributed by atoms with Crippen LogP contribution in [0.15, 0.2) is 29.6 Å². The molecule has 3 aromatic rings. The van der Waals surface area contributed by atoms with E-state index in [1.54, 1.807) is 20.4 Å². The van der Waals surface area contributed by atoms with Crippen molar-refractivity contribution in [1.29, 1.82) is 0 Å². The van der Waals surface area contributed by atoms with Crippen molar-refractivity contribution in [2.24, 2.45) is 0 Å². The Morgan fingerprint density at radius 3 is 2.40 bits per heavy atom. The molecule has 1 atom stereocenters. The number of ether oxygens (including phenoxy) is 2. The van der Waals surface area contributed by atoms with Gasteiger partial charge in [-0.05, 0) is 26.0 Å². The number of hydrogen-bond donors (Lipinski definition) is 3. The van der Waals surface area contributed by atoms with Crippen molar-refractivity contribution in [3.05, 3.63) is 41.2 Å². The molecule has 0 aliphatic carbocycles. The average Bonchev–Trinajstić information content (AvgIpc) is 3.14. The fraction of sp³-hybridized carbons (Fsp3) is 0.333. The van der Waals surface area contributed by atoms with Crippen LogP contribution in [-0.2, 0) is 25.6 Å². The lowest BCUT2D eigenvalue weighted by atomic mass is 10.1. The topological polar surface area (TPSA) is 144 Å². The van der Waals surface area contributed by atoms with Gasteiger partial charge in [-0.3, -0.25) is 13.7 Å². The molecule has 3 N–H and O–H groups in total. The van der Waals surface area contributed by atoms with Gasteiger partial charge >= 0.3 is 7.82 Å². The van der Waals surface area contributed by atoms with Crippen LogP contribution in [0.4, 0.5) is 0 Å². The molecule has 0 bridgehead atoms. The van der Waals surface area contributed by atoms with E-state index in [1.165, 1.54) is 0 Å². The predicted molar refractivity (Wildman–Crippen MR) is 112 cm³/mol. The van der Waals surface area contributed by atoms with Crippen LogP contribution in [0.1, 0.15) is 16.8 Å². The number of aromatic amines is 1. The molecule has 164 valence electrons. The molecule has 2 heterocycles. The van der Waals surface area contributed by atoms with E-state index in [0.717, 1.165) is 46.5 Å². The van der Waals surface area contributed by atoms with Crippen LogP contribution >= 0.6 is 7.82 Å². The number of nitrogens with one attached hydrogen (secondary N) is 1. The van der Waals surface area contributed by atoms with Crippen molar-refractivity contribution < 1.29 is 32.6 Å². The third-order valence-electron chi connectivity index (χ3n) is 4.14. The van der Waals surface area contributed by atoms with Gasteiger partial charge in [-0.2, -0.15) is 0 Å². The van der Waals surface area contributed by atoms with E-state index < -0.39 is 18.6 Å². The molecule has 0 amide bonds. The zero-order valence-corrected chi connectivity index (χ0v) is 18.9. The molecular formula is C18H24N3O7PS. The standard InChI is InChI=1S/C17H19N3O3S.CH5O4P/c1-10-8-18-15(11(2)16(10)23-4)9-24(21)17-19-13-6-5-12(22-3)7-14(13)20-17;1-5-6(2,3)4/h5-8H,9H2,1-4H3,(H,19,20);1H3,(H2,2,3,4). The van der Waals surface area contributed by atoms with E-state index >= 15 is 0 Å². The van der Waals surface area contributed by atoms with Crippen molar-refractivity contribution in [1.82, 2.24) is 15.0 Å². The van der Waals surface area contributed by atoms with Gasteiger partial charge in [0.15, 0.2) is 5.16 Å². The number of H-pyrrole nitrogens is 1.